The Kier molecular flexibility index (Phi) is 5.65. The lowest BCUT2D eigenvalue weighted by Crippen LogP contribution is -2.56. The van der Waals surface area contributed by atoms with Crippen molar-refractivity contribution < 1.29 is 4.79 Å². The molecule has 1 unspecified atom stereocenters. The highest BCUT2D eigenvalue weighted by Gasteiger charge is 2.20. The molecular weight excluding hydrogens is 190 g/mol. The molecule has 1 rings (SSSR count). The first-order valence-corrected chi connectivity index (χ1v) is 5.99. The molecule has 0 aromatic rings. The van der Waals surface area contributed by atoms with Crippen LogP contribution in [0.4, 0.5) is 0 Å². The van der Waals surface area contributed by atoms with Crippen molar-refractivity contribution in [2.24, 2.45) is 5.92 Å². The van der Waals surface area contributed by atoms with Gasteiger partial charge in [-0.05, 0) is 5.92 Å². The molecule has 0 bridgehead atoms. The molecule has 1 saturated heterocycles. The normalized spacial score (nSPS) is 21.7. The third kappa shape index (κ3) is 4.18. The second-order valence-corrected chi connectivity index (χ2v) is 4.14. The highest BCUT2D eigenvalue weighted by Crippen LogP contribution is 2.05. The molecule has 4 heteroatoms. The van der Waals surface area contributed by atoms with Gasteiger partial charge in [0.15, 0.2) is 0 Å². The van der Waals surface area contributed by atoms with Gasteiger partial charge >= 0.3 is 0 Å². The highest BCUT2D eigenvalue weighted by molar-refractivity contribution is 5.82. The summed E-state index contributed by atoms with van der Waals surface area (Å²) in [5.41, 5.74) is 0. The molecule has 15 heavy (non-hydrogen) atoms. The smallest absolute Gasteiger partial charge is 0.238 e. The van der Waals surface area contributed by atoms with E-state index in [0.29, 0.717) is 5.92 Å². The Morgan fingerprint density at radius 2 is 2.13 bits per heavy atom. The predicted molar refractivity (Wildman–Crippen MR) is 61.7 cm³/mol. The Balaban J connectivity index is 2.22. The van der Waals surface area contributed by atoms with Gasteiger partial charge in [-0.25, -0.2) is 0 Å². The molecule has 0 saturated carbocycles. The number of nitrogens with one attached hydrogen (secondary N) is 3. The van der Waals surface area contributed by atoms with Crippen molar-refractivity contribution in [2.45, 2.75) is 32.7 Å². The van der Waals surface area contributed by atoms with Crippen LogP contribution in [-0.4, -0.2) is 38.1 Å². The van der Waals surface area contributed by atoms with Gasteiger partial charge in [0.1, 0.15) is 0 Å². The van der Waals surface area contributed by atoms with Crippen LogP contribution in [-0.2, 0) is 4.79 Å². The van der Waals surface area contributed by atoms with Gasteiger partial charge in [-0.15, -0.1) is 0 Å². The quantitative estimate of drug-likeness (QED) is 0.607. The number of rotatable bonds is 5. The van der Waals surface area contributed by atoms with Crippen LogP contribution < -0.4 is 16.0 Å². The summed E-state index contributed by atoms with van der Waals surface area (Å²) in [4.78, 5) is 11.7. The van der Waals surface area contributed by atoms with E-state index < -0.39 is 0 Å². The van der Waals surface area contributed by atoms with Crippen molar-refractivity contribution in [3.8, 4) is 0 Å². The van der Waals surface area contributed by atoms with Crippen molar-refractivity contribution in [1.29, 1.82) is 0 Å². The lowest BCUT2D eigenvalue weighted by Gasteiger charge is -2.24. The number of hydrogen-bond donors (Lipinski definition) is 3. The summed E-state index contributed by atoms with van der Waals surface area (Å²) < 4.78 is 0. The maximum Gasteiger partial charge on any atom is 0.238 e. The van der Waals surface area contributed by atoms with Gasteiger partial charge in [0.2, 0.25) is 5.91 Å². The monoisotopic (exact) mass is 213 g/mol. The molecule has 1 amide bonds. The van der Waals surface area contributed by atoms with Crippen molar-refractivity contribution in [3.05, 3.63) is 0 Å². The first-order valence-electron chi connectivity index (χ1n) is 5.99. The van der Waals surface area contributed by atoms with Crippen molar-refractivity contribution >= 4 is 5.91 Å². The van der Waals surface area contributed by atoms with Crippen LogP contribution in [0.2, 0.25) is 0 Å². The molecule has 3 N–H and O–H groups in total. The van der Waals surface area contributed by atoms with E-state index in [2.05, 4.69) is 29.8 Å². The highest BCUT2D eigenvalue weighted by atomic mass is 16.2. The number of amides is 1. The summed E-state index contributed by atoms with van der Waals surface area (Å²) in [5, 5.41) is 9.42. The Hall–Kier alpha value is -0.610. The number of carbonyl (C=O) groups is 1. The Labute approximate surface area is 92.2 Å². The molecule has 1 aliphatic rings. The van der Waals surface area contributed by atoms with E-state index in [9.17, 15) is 4.79 Å². The molecule has 4 nitrogen and oxygen atoms in total. The summed E-state index contributed by atoms with van der Waals surface area (Å²) in [6, 6.07) is -0.0480. The molecule has 0 aromatic carbocycles. The van der Waals surface area contributed by atoms with E-state index in [1.54, 1.807) is 0 Å². The summed E-state index contributed by atoms with van der Waals surface area (Å²) in [5.74, 6) is 0.750. The Bertz CT molecular complexity index is 186. The molecule has 1 aliphatic heterocycles. The maximum atomic E-state index is 11.7. The molecular formula is C11H23N3O. The molecule has 1 atom stereocenters. The van der Waals surface area contributed by atoms with Gasteiger partial charge in [-0.1, -0.05) is 26.7 Å². The molecule has 1 fully saturated rings. The molecule has 88 valence electrons. The van der Waals surface area contributed by atoms with E-state index in [1.165, 1.54) is 0 Å². The van der Waals surface area contributed by atoms with Crippen LogP contribution in [0.15, 0.2) is 0 Å². The van der Waals surface area contributed by atoms with E-state index >= 15 is 0 Å². The average molecular weight is 213 g/mol. The maximum absolute atomic E-state index is 11.7. The third-order valence-corrected chi connectivity index (χ3v) is 3.08. The minimum absolute atomic E-state index is 0.0480. The largest absolute Gasteiger partial charge is 0.354 e. The van der Waals surface area contributed by atoms with Crippen molar-refractivity contribution in [1.82, 2.24) is 16.0 Å². The van der Waals surface area contributed by atoms with Crippen LogP contribution in [0.5, 0.6) is 0 Å². The minimum Gasteiger partial charge on any atom is -0.354 e. The van der Waals surface area contributed by atoms with Crippen molar-refractivity contribution in [3.63, 3.8) is 0 Å². The fourth-order valence-corrected chi connectivity index (χ4v) is 1.78. The summed E-state index contributed by atoms with van der Waals surface area (Å²) in [6.45, 7) is 7.72. The first kappa shape index (κ1) is 12.5. The van der Waals surface area contributed by atoms with E-state index in [4.69, 9.17) is 0 Å². The van der Waals surface area contributed by atoms with E-state index in [-0.39, 0.29) is 11.9 Å². The Morgan fingerprint density at radius 3 is 2.67 bits per heavy atom. The molecule has 0 spiro atoms. The second kappa shape index (κ2) is 6.80. The molecule has 1 heterocycles. The second-order valence-electron chi connectivity index (χ2n) is 4.14. The SMILES string of the molecule is CCC(CC)CNC(=O)C1CNCCN1. The number of piperazine rings is 1. The van der Waals surface area contributed by atoms with Crippen molar-refractivity contribution in [2.75, 3.05) is 26.2 Å². The summed E-state index contributed by atoms with van der Waals surface area (Å²) in [6.07, 6.45) is 2.26. The van der Waals surface area contributed by atoms with Crippen LogP contribution in [0.3, 0.4) is 0 Å². The average Bonchev–Trinajstić information content (AvgIpc) is 2.31. The topological polar surface area (TPSA) is 53.2 Å². The van der Waals surface area contributed by atoms with Gasteiger partial charge in [0, 0.05) is 26.2 Å². The first-order chi connectivity index (χ1) is 7.27. The standard InChI is InChI=1S/C11H23N3O/c1-3-9(4-2)7-14-11(15)10-8-12-5-6-13-10/h9-10,12-13H,3-8H2,1-2H3,(H,14,15). The lowest BCUT2D eigenvalue weighted by molar-refractivity contribution is -0.123. The number of hydrogen-bond acceptors (Lipinski definition) is 3. The van der Waals surface area contributed by atoms with Crippen LogP contribution in [0.25, 0.3) is 0 Å². The molecule has 0 radical (unpaired) electrons. The zero-order valence-corrected chi connectivity index (χ0v) is 9.81. The third-order valence-electron chi connectivity index (χ3n) is 3.08. The minimum atomic E-state index is -0.0480. The van der Waals surface area contributed by atoms with E-state index in [0.717, 1.165) is 39.0 Å². The van der Waals surface area contributed by atoms with Gasteiger partial charge in [0.05, 0.1) is 6.04 Å². The van der Waals surface area contributed by atoms with Gasteiger partial charge in [0.25, 0.3) is 0 Å². The zero-order valence-electron chi connectivity index (χ0n) is 9.81. The predicted octanol–water partition coefficient (Wildman–Crippen LogP) is 0.100. The van der Waals surface area contributed by atoms with Crippen LogP contribution >= 0.6 is 0 Å². The van der Waals surface area contributed by atoms with Gasteiger partial charge in [-0.2, -0.15) is 0 Å². The van der Waals surface area contributed by atoms with Crippen LogP contribution in [0, 0.1) is 5.92 Å². The Morgan fingerprint density at radius 1 is 1.40 bits per heavy atom. The summed E-state index contributed by atoms with van der Waals surface area (Å²) >= 11 is 0. The fourth-order valence-electron chi connectivity index (χ4n) is 1.78. The molecule has 0 aromatic heterocycles. The van der Waals surface area contributed by atoms with Gasteiger partial charge < -0.3 is 16.0 Å². The van der Waals surface area contributed by atoms with Crippen LogP contribution in [0.1, 0.15) is 26.7 Å². The fraction of sp³-hybridized carbons (Fsp3) is 0.909. The van der Waals surface area contributed by atoms with Gasteiger partial charge in [-0.3, -0.25) is 4.79 Å². The van der Waals surface area contributed by atoms with E-state index in [1.807, 2.05) is 0 Å². The summed E-state index contributed by atoms with van der Waals surface area (Å²) in [7, 11) is 0. The molecule has 0 aliphatic carbocycles. The zero-order chi connectivity index (χ0) is 11.1. The number of carbonyl (C=O) groups excluding carboxylic acids is 1. The lowest BCUT2D eigenvalue weighted by atomic mass is 10.0.